The number of halogens is 1. The number of furan rings is 1. The number of ether oxygens (including phenoxy) is 3. The third-order valence-corrected chi connectivity index (χ3v) is 8.95. The van der Waals surface area contributed by atoms with E-state index in [0.717, 1.165) is 11.3 Å². The van der Waals surface area contributed by atoms with Crippen molar-refractivity contribution in [1.82, 2.24) is 14.1 Å². The molecule has 40 heavy (non-hydrogen) atoms. The Morgan fingerprint density at radius 3 is 2.45 bits per heavy atom. The fourth-order valence-corrected chi connectivity index (χ4v) is 6.13. The molecule has 1 amide bonds. The highest BCUT2D eigenvalue weighted by atomic mass is 35.5. The summed E-state index contributed by atoms with van der Waals surface area (Å²) in [5.74, 6) is 2.23. The van der Waals surface area contributed by atoms with Crippen LogP contribution in [0.5, 0.6) is 11.5 Å². The van der Waals surface area contributed by atoms with E-state index in [-0.39, 0.29) is 43.8 Å². The van der Waals surface area contributed by atoms with Gasteiger partial charge in [-0.25, -0.2) is 8.42 Å². The molecule has 2 aliphatic heterocycles. The van der Waals surface area contributed by atoms with Crippen LogP contribution in [-0.4, -0.2) is 81.2 Å². The summed E-state index contributed by atoms with van der Waals surface area (Å²) in [5.41, 5.74) is 0.821. The molecule has 3 aromatic rings. The molecule has 0 N–H and O–H groups in total. The SMILES string of the molecule is Cc1ccc(CN(Cc2ccc3c(c2)OCO3)C(=O)CN(CCN2CCOCC2)S(=O)(=O)c2ccc(Cl)cc2)o1. The molecule has 0 spiro atoms. The van der Waals surface area contributed by atoms with E-state index in [1.165, 1.54) is 28.6 Å². The summed E-state index contributed by atoms with van der Waals surface area (Å²) in [6.45, 7) is 5.27. The summed E-state index contributed by atoms with van der Waals surface area (Å²) >= 11 is 6.01. The van der Waals surface area contributed by atoms with E-state index < -0.39 is 10.0 Å². The standard InChI is InChI=1S/C28H32ClN3O7S/c1-21-2-6-24(39-21)18-31(17-22-3-9-26-27(16-22)38-20-37-26)28(33)19-32(11-10-30-12-14-36-15-13-30)40(34,35)25-7-4-23(29)5-8-25/h2-9,16H,10-15,17-20H2,1H3. The van der Waals surface area contributed by atoms with Crippen LogP contribution in [0, 0.1) is 6.92 Å². The first-order chi connectivity index (χ1) is 19.3. The quantitative estimate of drug-likeness (QED) is 0.335. The van der Waals surface area contributed by atoms with Gasteiger partial charge in [0.05, 0.1) is 31.2 Å². The number of sulfonamides is 1. The summed E-state index contributed by atoms with van der Waals surface area (Å²) < 4.78 is 50.8. The molecule has 0 unspecified atom stereocenters. The third-order valence-electron chi connectivity index (χ3n) is 6.84. The Balaban J connectivity index is 1.39. The highest BCUT2D eigenvalue weighted by molar-refractivity contribution is 7.89. The van der Waals surface area contributed by atoms with Gasteiger partial charge in [-0.15, -0.1) is 0 Å². The Labute approximate surface area is 239 Å². The highest BCUT2D eigenvalue weighted by Gasteiger charge is 2.30. The van der Waals surface area contributed by atoms with Crippen molar-refractivity contribution in [2.45, 2.75) is 24.9 Å². The number of aryl methyl sites for hydroxylation is 1. The van der Waals surface area contributed by atoms with Crippen LogP contribution in [0.3, 0.4) is 0 Å². The lowest BCUT2D eigenvalue weighted by Gasteiger charge is -2.31. The topological polar surface area (TPSA) is 102 Å². The van der Waals surface area contributed by atoms with Crippen molar-refractivity contribution in [3.63, 3.8) is 0 Å². The molecule has 1 saturated heterocycles. The van der Waals surface area contributed by atoms with Crippen LogP contribution in [-0.2, 0) is 32.6 Å². The second-order valence-corrected chi connectivity index (χ2v) is 12.1. The summed E-state index contributed by atoms with van der Waals surface area (Å²) in [4.78, 5) is 17.7. The van der Waals surface area contributed by atoms with E-state index in [1.54, 1.807) is 11.0 Å². The molecule has 2 aliphatic rings. The van der Waals surface area contributed by atoms with Crippen LogP contribution in [0.15, 0.2) is 63.9 Å². The average Bonchev–Trinajstić information content (AvgIpc) is 3.59. The zero-order chi connectivity index (χ0) is 28.1. The van der Waals surface area contributed by atoms with Gasteiger partial charge in [0, 0.05) is 37.7 Å². The molecule has 5 rings (SSSR count). The first kappa shape index (κ1) is 28.4. The van der Waals surface area contributed by atoms with Gasteiger partial charge in [-0.3, -0.25) is 9.69 Å². The molecule has 10 nitrogen and oxygen atoms in total. The van der Waals surface area contributed by atoms with E-state index in [2.05, 4.69) is 4.90 Å². The predicted molar refractivity (Wildman–Crippen MR) is 148 cm³/mol. The van der Waals surface area contributed by atoms with E-state index in [4.69, 9.17) is 30.2 Å². The number of rotatable bonds is 11. The van der Waals surface area contributed by atoms with Crippen molar-refractivity contribution in [3.05, 3.63) is 76.7 Å². The lowest BCUT2D eigenvalue weighted by atomic mass is 10.2. The molecule has 3 heterocycles. The average molecular weight is 590 g/mol. The van der Waals surface area contributed by atoms with Gasteiger partial charge in [-0.05, 0) is 61.0 Å². The van der Waals surface area contributed by atoms with Gasteiger partial charge in [0.15, 0.2) is 11.5 Å². The minimum atomic E-state index is -3.99. The van der Waals surface area contributed by atoms with Crippen LogP contribution in [0.4, 0.5) is 0 Å². The van der Waals surface area contributed by atoms with Gasteiger partial charge < -0.3 is 23.5 Å². The molecule has 0 saturated carbocycles. The second-order valence-electron chi connectivity index (χ2n) is 9.70. The van der Waals surface area contributed by atoms with Gasteiger partial charge in [0.2, 0.25) is 22.7 Å². The van der Waals surface area contributed by atoms with Crippen LogP contribution in [0.1, 0.15) is 17.1 Å². The number of nitrogens with zero attached hydrogens (tertiary/aromatic N) is 3. The largest absolute Gasteiger partial charge is 0.464 e. The van der Waals surface area contributed by atoms with Crippen LogP contribution < -0.4 is 9.47 Å². The maximum Gasteiger partial charge on any atom is 0.243 e. The molecule has 2 aromatic carbocycles. The summed E-state index contributed by atoms with van der Waals surface area (Å²) in [6.07, 6.45) is 0. The van der Waals surface area contributed by atoms with Crippen molar-refractivity contribution in [2.24, 2.45) is 0 Å². The number of amides is 1. The molecule has 0 bridgehead atoms. The lowest BCUT2D eigenvalue weighted by Crippen LogP contribution is -2.47. The second kappa shape index (κ2) is 12.6. The van der Waals surface area contributed by atoms with E-state index in [9.17, 15) is 13.2 Å². The molecule has 1 aromatic heterocycles. The van der Waals surface area contributed by atoms with Gasteiger partial charge in [0.25, 0.3) is 0 Å². The van der Waals surface area contributed by atoms with Crippen LogP contribution in [0.25, 0.3) is 0 Å². The fourth-order valence-electron chi connectivity index (χ4n) is 4.62. The molecule has 0 aliphatic carbocycles. The van der Waals surface area contributed by atoms with Gasteiger partial charge in [0.1, 0.15) is 11.5 Å². The predicted octanol–water partition coefficient (Wildman–Crippen LogP) is 3.52. The third kappa shape index (κ3) is 6.97. The highest BCUT2D eigenvalue weighted by Crippen LogP contribution is 2.33. The maximum atomic E-state index is 13.9. The zero-order valence-corrected chi connectivity index (χ0v) is 23.8. The van der Waals surface area contributed by atoms with Crippen molar-refractivity contribution >= 4 is 27.5 Å². The molecular weight excluding hydrogens is 558 g/mol. The summed E-state index contributed by atoms with van der Waals surface area (Å²) in [6, 6.07) is 15.1. The van der Waals surface area contributed by atoms with Crippen molar-refractivity contribution in [2.75, 3.05) is 52.7 Å². The van der Waals surface area contributed by atoms with Gasteiger partial charge >= 0.3 is 0 Å². The molecular formula is C28H32ClN3O7S. The first-order valence-electron chi connectivity index (χ1n) is 13.1. The normalized spacial score (nSPS) is 15.5. The van der Waals surface area contributed by atoms with Crippen molar-refractivity contribution in [3.8, 4) is 11.5 Å². The van der Waals surface area contributed by atoms with Gasteiger partial charge in [-0.2, -0.15) is 4.31 Å². The molecule has 214 valence electrons. The minimum absolute atomic E-state index is 0.0793. The fraction of sp³-hybridized carbons (Fsp3) is 0.393. The van der Waals surface area contributed by atoms with Crippen LogP contribution in [0.2, 0.25) is 5.02 Å². The monoisotopic (exact) mass is 589 g/mol. The number of hydrogen-bond acceptors (Lipinski definition) is 8. The number of carbonyl (C=O) groups is 1. The Hall–Kier alpha value is -3.09. The number of fused-ring (bicyclic) bond motifs is 1. The maximum absolute atomic E-state index is 13.9. The molecule has 0 radical (unpaired) electrons. The van der Waals surface area contributed by atoms with Crippen molar-refractivity contribution < 1.29 is 31.8 Å². The zero-order valence-electron chi connectivity index (χ0n) is 22.3. The Morgan fingerprint density at radius 2 is 1.73 bits per heavy atom. The molecule has 1 fully saturated rings. The van der Waals surface area contributed by atoms with E-state index >= 15 is 0 Å². The summed E-state index contributed by atoms with van der Waals surface area (Å²) in [5, 5.41) is 0.429. The Morgan fingerprint density at radius 1 is 0.975 bits per heavy atom. The lowest BCUT2D eigenvalue weighted by molar-refractivity contribution is -0.133. The number of hydrogen-bond donors (Lipinski definition) is 0. The van der Waals surface area contributed by atoms with Gasteiger partial charge in [-0.1, -0.05) is 17.7 Å². The van der Waals surface area contributed by atoms with E-state index in [1.807, 2.05) is 31.2 Å². The number of carbonyl (C=O) groups excluding carboxylic acids is 1. The number of benzene rings is 2. The van der Waals surface area contributed by atoms with Crippen LogP contribution >= 0.6 is 11.6 Å². The minimum Gasteiger partial charge on any atom is -0.464 e. The first-order valence-corrected chi connectivity index (χ1v) is 14.9. The smallest absolute Gasteiger partial charge is 0.243 e. The Kier molecular flexibility index (Phi) is 8.97. The summed E-state index contributed by atoms with van der Waals surface area (Å²) in [7, 11) is -3.99. The van der Waals surface area contributed by atoms with E-state index in [0.29, 0.717) is 55.1 Å². The number of morpholine rings is 1. The van der Waals surface area contributed by atoms with Crippen molar-refractivity contribution in [1.29, 1.82) is 0 Å². The Bertz CT molecular complexity index is 1420. The molecule has 12 heteroatoms. The molecule has 0 atom stereocenters.